The van der Waals surface area contributed by atoms with E-state index in [0.717, 1.165) is 23.3 Å². The second-order valence-corrected chi connectivity index (χ2v) is 8.94. The molecular weight excluding hydrogens is 414 g/mol. The highest BCUT2D eigenvalue weighted by molar-refractivity contribution is 5.89. The van der Waals surface area contributed by atoms with Gasteiger partial charge in [0.15, 0.2) is 5.58 Å². The maximum atomic E-state index is 12.8. The van der Waals surface area contributed by atoms with Crippen molar-refractivity contribution in [3.05, 3.63) is 45.8 Å². The lowest BCUT2D eigenvalue weighted by molar-refractivity contribution is -0.153. The molecule has 3 aromatic rings. The summed E-state index contributed by atoms with van der Waals surface area (Å²) in [5, 5.41) is 7.17. The molecule has 0 aliphatic heterocycles. The van der Waals surface area contributed by atoms with Crippen LogP contribution in [-0.2, 0) is 27.3 Å². The van der Waals surface area contributed by atoms with Crippen molar-refractivity contribution in [3.8, 4) is 0 Å². The van der Waals surface area contributed by atoms with Gasteiger partial charge in [-0.25, -0.2) is 14.6 Å². The van der Waals surface area contributed by atoms with E-state index in [1.165, 1.54) is 12.4 Å². The summed E-state index contributed by atoms with van der Waals surface area (Å²) < 4.78 is 12.2. The number of furan rings is 1. The highest BCUT2D eigenvalue weighted by atomic mass is 16.6. The average Bonchev–Trinajstić information content (AvgIpc) is 3.44. The average molecular weight is 439 g/mol. The van der Waals surface area contributed by atoms with Crippen LogP contribution >= 0.6 is 0 Å². The topological polar surface area (TPSA) is 129 Å². The molecule has 0 spiro atoms. The largest absolute Gasteiger partial charge is 0.460 e. The second kappa shape index (κ2) is 8.18. The van der Waals surface area contributed by atoms with Crippen molar-refractivity contribution in [1.29, 1.82) is 0 Å². The molecule has 168 valence electrons. The fraction of sp³-hybridized carbons (Fsp3) is 0.455. The van der Waals surface area contributed by atoms with Crippen molar-refractivity contribution in [2.75, 3.05) is 5.32 Å². The summed E-state index contributed by atoms with van der Waals surface area (Å²) in [4.78, 5) is 45.2. The van der Waals surface area contributed by atoms with Crippen LogP contribution in [0.1, 0.15) is 56.5 Å². The third-order valence-electron chi connectivity index (χ3n) is 4.81. The van der Waals surface area contributed by atoms with E-state index in [9.17, 15) is 14.4 Å². The van der Waals surface area contributed by atoms with Gasteiger partial charge in [0.05, 0.1) is 11.8 Å². The fourth-order valence-corrected chi connectivity index (χ4v) is 3.28. The van der Waals surface area contributed by atoms with E-state index in [-0.39, 0.29) is 24.5 Å². The molecule has 1 amide bonds. The minimum atomic E-state index is -0.574. The molecule has 1 aliphatic rings. The van der Waals surface area contributed by atoms with Gasteiger partial charge in [0.2, 0.25) is 11.9 Å². The number of amides is 1. The molecule has 4 rings (SSSR count). The zero-order chi connectivity index (χ0) is 23.0. The summed E-state index contributed by atoms with van der Waals surface area (Å²) in [6.07, 6.45) is 5.02. The molecule has 1 aliphatic carbocycles. The maximum absolute atomic E-state index is 12.8. The summed E-state index contributed by atoms with van der Waals surface area (Å²) in [6, 6.07) is 1.75. The third kappa shape index (κ3) is 5.01. The molecule has 0 radical (unpaired) electrons. The van der Waals surface area contributed by atoms with Crippen LogP contribution in [0.25, 0.3) is 11.0 Å². The first-order valence-corrected chi connectivity index (χ1v) is 10.4. The molecule has 10 nitrogen and oxygen atoms in total. The van der Waals surface area contributed by atoms with Crippen LogP contribution in [0.4, 0.5) is 5.95 Å². The number of fused-ring (bicyclic) bond motifs is 1. The van der Waals surface area contributed by atoms with Crippen LogP contribution in [0, 0.1) is 6.92 Å². The number of nitrogens with zero attached hydrogens (tertiary/aromatic N) is 4. The Hall–Kier alpha value is -3.56. The highest BCUT2D eigenvalue weighted by Gasteiger charge is 2.28. The molecule has 10 heteroatoms. The molecular formula is C22H25N5O5. The minimum Gasteiger partial charge on any atom is -0.460 e. The van der Waals surface area contributed by atoms with Gasteiger partial charge in [-0.15, -0.1) is 0 Å². The van der Waals surface area contributed by atoms with Gasteiger partial charge in [0, 0.05) is 23.9 Å². The minimum absolute atomic E-state index is 0.0254. The zero-order valence-corrected chi connectivity index (χ0v) is 18.5. The van der Waals surface area contributed by atoms with Crippen LogP contribution in [0.15, 0.2) is 27.7 Å². The number of aromatic nitrogens is 4. The molecule has 0 unspecified atom stereocenters. The van der Waals surface area contributed by atoms with Crippen LogP contribution in [-0.4, -0.2) is 37.2 Å². The van der Waals surface area contributed by atoms with E-state index in [1.807, 2.05) is 0 Å². The molecule has 0 bridgehead atoms. The number of carbonyl (C=O) groups excluding carboxylic acids is 2. The van der Waals surface area contributed by atoms with E-state index in [4.69, 9.17) is 9.15 Å². The molecule has 0 aromatic carbocycles. The van der Waals surface area contributed by atoms with Gasteiger partial charge in [-0.1, -0.05) is 0 Å². The number of hydrogen-bond acceptors (Lipinski definition) is 8. The third-order valence-corrected chi connectivity index (χ3v) is 4.81. The van der Waals surface area contributed by atoms with Gasteiger partial charge < -0.3 is 9.15 Å². The Balaban J connectivity index is 1.41. The van der Waals surface area contributed by atoms with E-state index in [1.54, 1.807) is 33.8 Å². The first kappa shape index (κ1) is 21.7. The van der Waals surface area contributed by atoms with E-state index in [0.29, 0.717) is 28.1 Å². The lowest BCUT2D eigenvalue weighted by atomic mass is 10.2. The number of rotatable bonds is 6. The van der Waals surface area contributed by atoms with Crippen molar-refractivity contribution < 1.29 is 18.7 Å². The smallest absolute Gasteiger partial charge is 0.310 e. The molecule has 0 atom stereocenters. The maximum Gasteiger partial charge on any atom is 0.310 e. The summed E-state index contributed by atoms with van der Waals surface area (Å²) in [7, 11) is 0. The summed E-state index contributed by atoms with van der Waals surface area (Å²) >= 11 is 0. The first-order valence-electron chi connectivity index (χ1n) is 10.4. The lowest BCUT2D eigenvalue weighted by Crippen LogP contribution is -2.30. The number of hydrogen-bond donors (Lipinski definition) is 1. The first-order chi connectivity index (χ1) is 15.1. The molecule has 3 aromatic heterocycles. The van der Waals surface area contributed by atoms with E-state index in [2.05, 4.69) is 20.4 Å². The normalized spacial score (nSPS) is 13.9. The van der Waals surface area contributed by atoms with Crippen LogP contribution in [0.5, 0.6) is 0 Å². The highest BCUT2D eigenvalue weighted by Crippen LogP contribution is 2.42. The van der Waals surface area contributed by atoms with Gasteiger partial charge in [-0.3, -0.25) is 19.7 Å². The van der Waals surface area contributed by atoms with Crippen LogP contribution < -0.4 is 10.9 Å². The quantitative estimate of drug-likeness (QED) is 0.580. The Morgan fingerprint density at radius 1 is 1.25 bits per heavy atom. The van der Waals surface area contributed by atoms with Crippen molar-refractivity contribution in [2.24, 2.45) is 0 Å². The predicted molar refractivity (Wildman–Crippen MR) is 115 cm³/mol. The number of nitrogens with one attached hydrogen (secondary N) is 1. The van der Waals surface area contributed by atoms with Crippen molar-refractivity contribution in [3.63, 3.8) is 0 Å². The van der Waals surface area contributed by atoms with E-state index >= 15 is 0 Å². The summed E-state index contributed by atoms with van der Waals surface area (Å²) in [6.45, 7) is 6.82. The van der Waals surface area contributed by atoms with Crippen molar-refractivity contribution in [1.82, 2.24) is 19.7 Å². The van der Waals surface area contributed by atoms with E-state index < -0.39 is 17.5 Å². The van der Waals surface area contributed by atoms with Gasteiger partial charge in [0.25, 0.3) is 5.56 Å². The number of esters is 1. The van der Waals surface area contributed by atoms with Gasteiger partial charge >= 0.3 is 5.97 Å². The Kier molecular flexibility index (Phi) is 5.53. The fourth-order valence-electron chi connectivity index (χ4n) is 3.28. The molecule has 1 fully saturated rings. The zero-order valence-electron chi connectivity index (χ0n) is 18.5. The number of carbonyl (C=O) groups is 2. The SMILES string of the molecule is Cc1nn(CC(=O)Nc2ncc(CC(=O)OC(C)(C)C)cn2)c(=O)c2cc(C3CC3)oc12. The molecule has 1 N–H and O–H groups in total. The second-order valence-electron chi connectivity index (χ2n) is 8.94. The molecule has 3 heterocycles. The molecule has 32 heavy (non-hydrogen) atoms. The Morgan fingerprint density at radius 2 is 1.94 bits per heavy atom. The van der Waals surface area contributed by atoms with Gasteiger partial charge in [-0.05, 0) is 46.6 Å². The van der Waals surface area contributed by atoms with Crippen molar-refractivity contribution >= 4 is 28.8 Å². The number of anilines is 1. The van der Waals surface area contributed by atoms with Crippen molar-refractivity contribution in [2.45, 2.75) is 65.0 Å². The van der Waals surface area contributed by atoms with Crippen LogP contribution in [0.2, 0.25) is 0 Å². The Labute approximate surface area is 184 Å². The standard InChI is InChI=1S/C22H25N5O5/c1-12-19-15(8-16(31-19)14-5-6-14)20(30)27(26-12)11-17(28)25-21-23-9-13(10-24-21)7-18(29)32-22(2,3)4/h8-10,14H,5-7,11H2,1-4H3,(H,23,24,25,28). The molecule has 0 saturated heterocycles. The van der Waals surface area contributed by atoms with Crippen LogP contribution in [0.3, 0.4) is 0 Å². The Morgan fingerprint density at radius 3 is 2.56 bits per heavy atom. The van der Waals surface area contributed by atoms with Gasteiger partial charge in [-0.2, -0.15) is 5.10 Å². The lowest BCUT2D eigenvalue weighted by Gasteiger charge is -2.19. The summed E-state index contributed by atoms with van der Waals surface area (Å²) in [5.74, 6) is 0.341. The number of aryl methyl sites for hydroxylation is 1. The van der Waals surface area contributed by atoms with Gasteiger partial charge in [0.1, 0.15) is 23.6 Å². The molecule has 1 saturated carbocycles. The monoisotopic (exact) mass is 439 g/mol. The predicted octanol–water partition coefficient (Wildman–Crippen LogP) is 2.49. The summed E-state index contributed by atoms with van der Waals surface area (Å²) in [5.41, 5.74) is 0.613. The number of ether oxygens (including phenoxy) is 1. The Bertz CT molecular complexity index is 1230.